The van der Waals surface area contributed by atoms with Crippen LogP contribution in [0.15, 0.2) is 36.5 Å². The molecule has 3 heteroatoms. The van der Waals surface area contributed by atoms with Gasteiger partial charge in [-0.2, -0.15) is 0 Å². The average Bonchev–Trinajstić information content (AvgIpc) is 2.75. The number of aromatic nitrogens is 1. The lowest BCUT2D eigenvalue weighted by molar-refractivity contribution is -0.137. The standard InChI is InChI=1S/C13H13NO2/c1-2-16-12(15)7-6-10-4-3-5-11-8-9-14-13(10)11/h3-9,14H,2H2,1H3/b7-6+. The van der Waals surface area contributed by atoms with Crippen LogP contribution in [0.2, 0.25) is 0 Å². The van der Waals surface area contributed by atoms with Gasteiger partial charge in [-0.15, -0.1) is 0 Å². The number of nitrogens with one attached hydrogen (secondary N) is 1. The first-order valence-electron chi connectivity index (χ1n) is 5.22. The zero-order chi connectivity index (χ0) is 11.4. The first kappa shape index (κ1) is 10.5. The Balaban J connectivity index is 2.27. The van der Waals surface area contributed by atoms with Gasteiger partial charge in [0.2, 0.25) is 0 Å². The van der Waals surface area contributed by atoms with Gasteiger partial charge in [-0.05, 0) is 30.0 Å². The van der Waals surface area contributed by atoms with E-state index in [1.807, 2.05) is 30.5 Å². The molecule has 1 aromatic heterocycles. The van der Waals surface area contributed by atoms with Gasteiger partial charge < -0.3 is 9.72 Å². The molecule has 0 amide bonds. The largest absolute Gasteiger partial charge is 0.463 e. The highest BCUT2D eigenvalue weighted by Crippen LogP contribution is 2.17. The van der Waals surface area contributed by atoms with Crippen LogP contribution in [0.4, 0.5) is 0 Å². The molecule has 0 saturated heterocycles. The Morgan fingerprint density at radius 3 is 3.12 bits per heavy atom. The van der Waals surface area contributed by atoms with Crippen molar-refractivity contribution in [1.82, 2.24) is 4.98 Å². The lowest BCUT2D eigenvalue weighted by Gasteiger charge is -1.97. The van der Waals surface area contributed by atoms with Crippen LogP contribution in [-0.2, 0) is 9.53 Å². The maximum absolute atomic E-state index is 11.2. The molecule has 0 fully saturated rings. The van der Waals surface area contributed by atoms with Gasteiger partial charge in [0.15, 0.2) is 0 Å². The number of hydrogen-bond donors (Lipinski definition) is 1. The van der Waals surface area contributed by atoms with E-state index in [0.717, 1.165) is 16.5 Å². The Hall–Kier alpha value is -2.03. The molecule has 1 aromatic carbocycles. The minimum atomic E-state index is -0.314. The number of aromatic amines is 1. The summed E-state index contributed by atoms with van der Waals surface area (Å²) in [7, 11) is 0. The molecule has 0 aliphatic rings. The number of H-pyrrole nitrogens is 1. The molecule has 0 radical (unpaired) electrons. The fourth-order valence-electron chi connectivity index (χ4n) is 1.60. The Bertz CT molecular complexity index is 525. The Kier molecular flexibility index (Phi) is 3.05. The van der Waals surface area contributed by atoms with Crippen LogP contribution in [0.25, 0.3) is 17.0 Å². The molecule has 0 aliphatic carbocycles. The van der Waals surface area contributed by atoms with Gasteiger partial charge in [0.05, 0.1) is 12.1 Å². The lowest BCUT2D eigenvalue weighted by atomic mass is 10.1. The smallest absolute Gasteiger partial charge is 0.330 e. The first-order chi connectivity index (χ1) is 7.81. The van der Waals surface area contributed by atoms with Crippen molar-refractivity contribution in [1.29, 1.82) is 0 Å². The van der Waals surface area contributed by atoms with Crippen molar-refractivity contribution in [2.45, 2.75) is 6.92 Å². The summed E-state index contributed by atoms with van der Waals surface area (Å²) >= 11 is 0. The van der Waals surface area contributed by atoms with E-state index in [1.54, 1.807) is 13.0 Å². The SMILES string of the molecule is CCOC(=O)/C=C/c1cccc2cc[nH]c12. The van der Waals surface area contributed by atoms with Gasteiger partial charge in [0.25, 0.3) is 0 Å². The maximum atomic E-state index is 11.2. The summed E-state index contributed by atoms with van der Waals surface area (Å²) in [5, 5.41) is 1.13. The number of fused-ring (bicyclic) bond motifs is 1. The molecular formula is C13H13NO2. The number of carbonyl (C=O) groups excluding carboxylic acids is 1. The molecule has 2 rings (SSSR count). The van der Waals surface area contributed by atoms with E-state index >= 15 is 0 Å². The Morgan fingerprint density at radius 2 is 2.31 bits per heavy atom. The summed E-state index contributed by atoms with van der Waals surface area (Å²) in [5.41, 5.74) is 2.01. The third-order valence-electron chi connectivity index (χ3n) is 2.31. The van der Waals surface area contributed by atoms with Gasteiger partial charge in [0.1, 0.15) is 0 Å². The van der Waals surface area contributed by atoms with Gasteiger partial charge in [-0.3, -0.25) is 0 Å². The van der Waals surface area contributed by atoms with Crippen LogP contribution in [0, 0.1) is 0 Å². The van der Waals surface area contributed by atoms with E-state index in [2.05, 4.69) is 4.98 Å². The summed E-state index contributed by atoms with van der Waals surface area (Å²) in [4.78, 5) is 14.3. The second-order valence-corrected chi connectivity index (χ2v) is 3.37. The normalized spacial score (nSPS) is 11.1. The molecule has 82 valence electrons. The van der Waals surface area contributed by atoms with Crippen LogP contribution in [-0.4, -0.2) is 17.6 Å². The zero-order valence-electron chi connectivity index (χ0n) is 9.07. The number of hydrogen-bond acceptors (Lipinski definition) is 2. The van der Waals surface area contributed by atoms with Crippen LogP contribution >= 0.6 is 0 Å². The summed E-state index contributed by atoms with van der Waals surface area (Å²) in [6.07, 6.45) is 5.09. The van der Waals surface area contributed by atoms with E-state index in [1.165, 1.54) is 6.08 Å². The minimum Gasteiger partial charge on any atom is -0.463 e. The minimum absolute atomic E-state index is 0.314. The number of carbonyl (C=O) groups is 1. The van der Waals surface area contributed by atoms with Crippen LogP contribution in [0.5, 0.6) is 0 Å². The molecule has 0 atom stereocenters. The van der Waals surface area contributed by atoms with Crippen LogP contribution < -0.4 is 0 Å². The molecular weight excluding hydrogens is 202 g/mol. The number of para-hydroxylation sites is 1. The highest BCUT2D eigenvalue weighted by molar-refractivity contribution is 5.93. The van der Waals surface area contributed by atoms with E-state index in [-0.39, 0.29) is 5.97 Å². The fourth-order valence-corrected chi connectivity index (χ4v) is 1.60. The second kappa shape index (κ2) is 4.66. The predicted octanol–water partition coefficient (Wildman–Crippen LogP) is 2.74. The van der Waals surface area contributed by atoms with Crippen molar-refractivity contribution in [2.75, 3.05) is 6.61 Å². The molecule has 0 bridgehead atoms. The number of ether oxygens (including phenoxy) is 1. The van der Waals surface area contributed by atoms with Crippen molar-refractivity contribution >= 4 is 22.9 Å². The van der Waals surface area contributed by atoms with E-state index in [4.69, 9.17) is 4.74 Å². The predicted molar refractivity (Wildman–Crippen MR) is 64.0 cm³/mol. The van der Waals surface area contributed by atoms with Gasteiger partial charge >= 0.3 is 5.97 Å². The Morgan fingerprint density at radius 1 is 1.44 bits per heavy atom. The summed E-state index contributed by atoms with van der Waals surface area (Å²) in [6, 6.07) is 7.93. The first-order valence-corrected chi connectivity index (χ1v) is 5.22. The third-order valence-corrected chi connectivity index (χ3v) is 2.31. The van der Waals surface area contributed by atoms with Gasteiger partial charge in [-0.25, -0.2) is 4.79 Å². The third kappa shape index (κ3) is 2.14. The molecule has 0 unspecified atom stereocenters. The van der Waals surface area contributed by atoms with Crippen molar-refractivity contribution < 1.29 is 9.53 Å². The maximum Gasteiger partial charge on any atom is 0.330 e. The molecule has 0 saturated carbocycles. The average molecular weight is 215 g/mol. The molecule has 1 N–H and O–H groups in total. The summed E-state index contributed by atoms with van der Waals surface area (Å²) in [6.45, 7) is 2.19. The van der Waals surface area contributed by atoms with Crippen molar-refractivity contribution in [3.8, 4) is 0 Å². The summed E-state index contributed by atoms with van der Waals surface area (Å²) in [5.74, 6) is -0.314. The topological polar surface area (TPSA) is 42.1 Å². The molecule has 16 heavy (non-hydrogen) atoms. The van der Waals surface area contributed by atoms with Gasteiger partial charge in [0, 0.05) is 12.3 Å². The van der Waals surface area contributed by atoms with Crippen molar-refractivity contribution in [2.24, 2.45) is 0 Å². The van der Waals surface area contributed by atoms with Crippen molar-refractivity contribution in [3.63, 3.8) is 0 Å². The second-order valence-electron chi connectivity index (χ2n) is 3.37. The summed E-state index contributed by atoms with van der Waals surface area (Å²) < 4.78 is 4.82. The van der Waals surface area contributed by atoms with Gasteiger partial charge in [-0.1, -0.05) is 18.2 Å². The highest BCUT2D eigenvalue weighted by atomic mass is 16.5. The molecule has 1 heterocycles. The molecule has 0 aliphatic heterocycles. The quantitative estimate of drug-likeness (QED) is 0.631. The monoisotopic (exact) mass is 215 g/mol. The van der Waals surface area contributed by atoms with Crippen molar-refractivity contribution in [3.05, 3.63) is 42.1 Å². The molecule has 3 nitrogen and oxygen atoms in total. The van der Waals surface area contributed by atoms with E-state index in [0.29, 0.717) is 6.61 Å². The van der Waals surface area contributed by atoms with E-state index < -0.39 is 0 Å². The van der Waals surface area contributed by atoms with Crippen LogP contribution in [0.1, 0.15) is 12.5 Å². The molecule has 2 aromatic rings. The zero-order valence-corrected chi connectivity index (χ0v) is 9.07. The number of esters is 1. The van der Waals surface area contributed by atoms with Crippen LogP contribution in [0.3, 0.4) is 0 Å². The van der Waals surface area contributed by atoms with E-state index in [9.17, 15) is 4.79 Å². The highest BCUT2D eigenvalue weighted by Gasteiger charge is 1.99. The lowest BCUT2D eigenvalue weighted by Crippen LogP contribution is -1.98. The molecule has 0 spiro atoms. The Labute approximate surface area is 93.7 Å². The number of rotatable bonds is 3. The number of benzene rings is 1. The fraction of sp³-hybridized carbons (Fsp3) is 0.154.